The molecule has 0 radical (unpaired) electrons. The summed E-state index contributed by atoms with van der Waals surface area (Å²) in [6.45, 7) is 0.683. The molecule has 0 fully saturated rings. The van der Waals surface area contributed by atoms with Gasteiger partial charge in [-0.15, -0.1) is 0 Å². The third-order valence-electron chi connectivity index (χ3n) is 1.92. The van der Waals surface area contributed by atoms with Gasteiger partial charge in [0.25, 0.3) is 5.91 Å². The van der Waals surface area contributed by atoms with Crippen molar-refractivity contribution in [1.29, 1.82) is 0 Å². The molecule has 3 N–H and O–H groups in total. The minimum absolute atomic E-state index is 0.0242. The van der Waals surface area contributed by atoms with E-state index in [-0.39, 0.29) is 17.3 Å². The van der Waals surface area contributed by atoms with Gasteiger partial charge in [-0.1, -0.05) is 0 Å². The molecule has 0 unspecified atom stereocenters. The van der Waals surface area contributed by atoms with Crippen molar-refractivity contribution >= 4 is 17.7 Å². The molecule has 0 aliphatic carbocycles. The van der Waals surface area contributed by atoms with Crippen LogP contribution in [-0.4, -0.2) is 40.4 Å². The molecule has 0 bridgehead atoms. The summed E-state index contributed by atoms with van der Waals surface area (Å²) in [5.74, 6) is -1.58. The van der Waals surface area contributed by atoms with Gasteiger partial charge in [0.2, 0.25) is 5.76 Å². The highest BCUT2D eigenvalue weighted by atomic mass is 16.6. The number of H-pyrrole nitrogens is 1. The van der Waals surface area contributed by atoms with Crippen LogP contribution in [0.15, 0.2) is 18.1 Å². The second-order valence-electron chi connectivity index (χ2n) is 3.13. The maximum Gasteiger partial charge on any atom is 0.353 e. The zero-order valence-corrected chi connectivity index (χ0v) is 8.60. The monoisotopic (exact) mass is 239 g/mol. The van der Waals surface area contributed by atoms with Gasteiger partial charge in [-0.2, -0.15) is 5.10 Å². The number of ether oxygens (including phenoxy) is 2. The van der Waals surface area contributed by atoms with Crippen molar-refractivity contribution in [1.82, 2.24) is 10.2 Å². The number of hydrogen-bond donors (Lipinski definition) is 3. The van der Waals surface area contributed by atoms with Crippen LogP contribution >= 0.6 is 0 Å². The predicted molar refractivity (Wildman–Crippen MR) is 54.2 cm³/mol. The predicted octanol–water partition coefficient (Wildman–Crippen LogP) is -0.0654. The maximum atomic E-state index is 11.6. The standard InChI is InChI=1S/C9H9N3O5/c13-8(6-4-16-1-2-17-6)10-7-3-5(9(14)15)11-12-7/h3-4H,1-2H2,(H,14,15)(H2,10,11,12,13). The number of hydrogen-bond acceptors (Lipinski definition) is 5. The van der Waals surface area contributed by atoms with E-state index in [1.54, 1.807) is 0 Å². The highest BCUT2D eigenvalue weighted by Gasteiger charge is 2.17. The van der Waals surface area contributed by atoms with Gasteiger partial charge in [-0.25, -0.2) is 4.79 Å². The van der Waals surface area contributed by atoms with Crippen molar-refractivity contribution in [3.63, 3.8) is 0 Å². The average Bonchev–Trinajstić information content (AvgIpc) is 2.79. The molecule has 0 aromatic carbocycles. The van der Waals surface area contributed by atoms with Crippen LogP contribution in [-0.2, 0) is 14.3 Å². The molecule has 1 amide bonds. The van der Waals surface area contributed by atoms with E-state index in [9.17, 15) is 9.59 Å². The Morgan fingerprint density at radius 1 is 1.47 bits per heavy atom. The summed E-state index contributed by atoms with van der Waals surface area (Å²) in [5.41, 5.74) is -0.116. The van der Waals surface area contributed by atoms with Crippen molar-refractivity contribution in [2.45, 2.75) is 0 Å². The van der Waals surface area contributed by atoms with Gasteiger partial charge < -0.3 is 19.9 Å². The molecule has 8 nitrogen and oxygen atoms in total. The lowest BCUT2D eigenvalue weighted by Crippen LogP contribution is -2.21. The van der Waals surface area contributed by atoms with Crippen LogP contribution in [0.5, 0.6) is 0 Å². The van der Waals surface area contributed by atoms with E-state index in [1.807, 2.05) is 0 Å². The third kappa shape index (κ3) is 2.54. The second kappa shape index (κ2) is 4.56. The molecule has 0 atom stereocenters. The van der Waals surface area contributed by atoms with E-state index in [0.717, 1.165) is 0 Å². The summed E-state index contributed by atoms with van der Waals surface area (Å²) < 4.78 is 9.95. The van der Waals surface area contributed by atoms with Crippen LogP contribution in [0.3, 0.4) is 0 Å². The van der Waals surface area contributed by atoms with Crippen molar-refractivity contribution in [3.8, 4) is 0 Å². The van der Waals surface area contributed by atoms with E-state index >= 15 is 0 Å². The summed E-state index contributed by atoms with van der Waals surface area (Å²) in [6.07, 6.45) is 1.20. The molecular weight excluding hydrogens is 230 g/mol. The number of carboxylic acid groups (broad SMARTS) is 1. The minimum Gasteiger partial charge on any atom is -0.494 e. The molecule has 8 heteroatoms. The first-order chi connectivity index (χ1) is 8.16. The Balaban J connectivity index is 2.02. The Morgan fingerprint density at radius 3 is 2.88 bits per heavy atom. The molecule has 2 rings (SSSR count). The van der Waals surface area contributed by atoms with Gasteiger partial charge in [0, 0.05) is 6.07 Å². The Hall–Kier alpha value is -2.51. The molecule has 1 aromatic heterocycles. The van der Waals surface area contributed by atoms with Gasteiger partial charge in [0.1, 0.15) is 25.2 Å². The van der Waals surface area contributed by atoms with Gasteiger partial charge in [0.15, 0.2) is 5.82 Å². The number of nitrogens with one attached hydrogen (secondary N) is 2. The highest BCUT2D eigenvalue weighted by Crippen LogP contribution is 2.10. The van der Waals surface area contributed by atoms with Crippen molar-refractivity contribution in [2.75, 3.05) is 18.5 Å². The van der Waals surface area contributed by atoms with Crippen LogP contribution in [0.1, 0.15) is 10.5 Å². The number of carboxylic acids is 1. The largest absolute Gasteiger partial charge is 0.494 e. The van der Waals surface area contributed by atoms with Gasteiger partial charge in [0.05, 0.1) is 0 Å². The van der Waals surface area contributed by atoms with E-state index in [4.69, 9.17) is 14.6 Å². The van der Waals surface area contributed by atoms with Crippen molar-refractivity contribution in [3.05, 3.63) is 23.8 Å². The van der Waals surface area contributed by atoms with Crippen molar-refractivity contribution in [2.24, 2.45) is 0 Å². The van der Waals surface area contributed by atoms with Crippen LogP contribution in [0.4, 0.5) is 5.82 Å². The van der Waals surface area contributed by atoms with Gasteiger partial charge in [-0.05, 0) is 0 Å². The highest BCUT2D eigenvalue weighted by molar-refractivity contribution is 6.02. The second-order valence-corrected chi connectivity index (χ2v) is 3.13. The Kier molecular flexibility index (Phi) is 2.95. The molecule has 2 heterocycles. The van der Waals surface area contributed by atoms with Crippen LogP contribution in [0.25, 0.3) is 0 Å². The van der Waals surface area contributed by atoms with Crippen molar-refractivity contribution < 1.29 is 24.2 Å². The first-order valence-electron chi connectivity index (χ1n) is 4.71. The third-order valence-corrected chi connectivity index (χ3v) is 1.92. The lowest BCUT2D eigenvalue weighted by Gasteiger charge is -2.14. The molecule has 1 aliphatic heterocycles. The normalized spacial score (nSPS) is 14.2. The lowest BCUT2D eigenvalue weighted by molar-refractivity contribution is -0.117. The van der Waals surface area contributed by atoms with Gasteiger partial charge in [-0.3, -0.25) is 9.89 Å². The molecule has 0 saturated heterocycles. The summed E-state index contributed by atoms with van der Waals surface area (Å²) in [7, 11) is 0. The number of nitrogens with zero attached hydrogens (tertiary/aromatic N) is 1. The van der Waals surface area contributed by atoms with E-state index in [1.165, 1.54) is 12.3 Å². The molecule has 17 heavy (non-hydrogen) atoms. The summed E-state index contributed by atoms with van der Waals surface area (Å²) >= 11 is 0. The topological polar surface area (TPSA) is 114 Å². The number of aromatic amines is 1. The summed E-state index contributed by atoms with van der Waals surface area (Å²) in [5, 5.41) is 16.9. The SMILES string of the molecule is O=C(Nc1cc(C(=O)O)[nH]n1)C1=COCCO1. The fourth-order valence-corrected chi connectivity index (χ4v) is 1.16. The van der Waals surface area contributed by atoms with Crippen LogP contribution in [0, 0.1) is 0 Å². The lowest BCUT2D eigenvalue weighted by atomic mass is 10.4. The number of carbonyl (C=O) groups is 2. The van der Waals surface area contributed by atoms with E-state index in [2.05, 4.69) is 15.5 Å². The zero-order chi connectivity index (χ0) is 12.3. The molecule has 1 aromatic rings. The number of aromatic carboxylic acids is 1. The Labute approximate surface area is 95.2 Å². The molecule has 90 valence electrons. The summed E-state index contributed by atoms with van der Waals surface area (Å²) in [6, 6.07) is 1.20. The van der Waals surface area contributed by atoms with Gasteiger partial charge >= 0.3 is 5.97 Å². The maximum absolute atomic E-state index is 11.6. The molecule has 1 aliphatic rings. The van der Waals surface area contributed by atoms with Crippen LogP contribution < -0.4 is 5.32 Å². The smallest absolute Gasteiger partial charge is 0.353 e. The Morgan fingerprint density at radius 2 is 2.29 bits per heavy atom. The number of aromatic nitrogens is 2. The minimum atomic E-state index is -1.16. The zero-order valence-electron chi connectivity index (χ0n) is 8.60. The quantitative estimate of drug-likeness (QED) is 0.680. The van der Waals surface area contributed by atoms with E-state index in [0.29, 0.717) is 13.2 Å². The molecule has 0 saturated carbocycles. The van der Waals surface area contributed by atoms with E-state index < -0.39 is 11.9 Å². The molecular formula is C9H9N3O5. The number of anilines is 1. The number of rotatable bonds is 3. The Bertz CT molecular complexity index is 479. The number of carbonyl (C=O) groups excluding carboxylic acids is 1. The van der Waals surface area contributed by atoms with Crippen LogP contribution in [0.2, 0.25) is 0 Å². The first-order valence-corrected chi connectivity index (χ1v) is 4.71. The fourth-order valence-electron chi connectivity index (χ4n) is 1.16. The molecule has 0 spiro atoms. The average molecular weight is 239 g/mol. The number of amides is 1. The first kappa shape index (κ1) is 11.0. The fraction of sp³-hybridized carbons (Fsp3) is 0.222. The summed E-state index contributed by atoms with van der Waals surface area (Å²) in [4.78, 5) is 22.1.